The van der Waals surface area contributed by atoms with E-state index in [9.17, 15) is 0 Å². The smallest absolute Gasteiger partial charge is 0.132 e. The van der Waals surface area contributed by atoms with Gasteiger partial charge in [0, 0.05) is 36.8 Å². The maximum absolute atomic E-state index is 5.93. The summed E-state index contributed by atoms with van der Waals surface area (Å²) in [6.07, 6.45) is 9.43. The molecule has 4 nitrogen and oxygen atoms in total. The van der Waals surface area contributed by atoms with Crippen molar-refractivity contribution in [3.05, 3.63) is 30.2 Å². The van der Waals surface area contributed by atoms with Crippen molar-refractivity contribution in [3.8, 4) is 0 Å². The fourth-order valence-electron chi connectivity index (χ4n) is 2.61. The molecule has 2 heterocycles. The van der Waals surface area contributed by atoms with Crippen LogP contribution < -0.4 is 10.6 Å². The van der Waals surface area contributed by atoms with Gasteiger partial charge in [-0.2, -0.15) is 0 Å². The first-order chi connectivity index (χ1) is 8.33. The molecule has 0 bridgehead atoms. The first-order valence-corrected chi connectivity index (χ1v) is 6.30. The molecule has 1 aromatic heterocycles. The van der Waals surface area contributed by atoms with E-state index < -0.39 is 0 Å². The first-order valence-electron chi connectivity index (χ1n) is 6.30. The Balaban J connectivity index is 1.79. The minimum absolute atomic E-state index is 0.293. The average molecular weight is 230 g/mol. The van der Waals surface area contributed by atoms with Gasteiger partial charge in [-0.1, -0.05) is 12.2 Å². The lowest BCUT2D eigenvalue weighted by Gasteiger charge is -2.18. The molecule has 1 unspecified atom stereocenters. The third-order valence-electron chi connectivity index (χ3n) is 3.65. The Labute approximate surface area is 102 Å². The number of hydrogen-bond acceptors (Lipinski definition) is 4. The van der Waals surface area contributed by atoms with Gasteiger partial charge in [0.1, 0.15) is 12.1 Å². The van der Waals surface area contributed by atoms with Crippen molar-refractivity contribution in [2.75, 3.05) is 18.0 Å². The SMILES string of the molecule is NC1CCN(c2cc(C3CC=CC3)ncn2)C1. The van der Waals surface area contributed by atoms with Gasteiger partial charge in [-0.25, -0.2) is 9.97 Å². The Morgan fingerprint density at radius 2 is 2.06 bits per heavy atom. The molecule has 1 saturated heterocycles. The maximum Gasteiger partial charge on any atom is 0.132 e. The summed E-state index contributed by atoms with van der Waals surface area (Å²) in [4.78, 5) is 11.0. The second kappa shape index (κ2) is 4.45. The second-order valence-electron chi connectivity index (χ2n) is 4.94. The zero-order valence-corrected chi connectivity index (χ0v) is 9.92. The summed E-state index contributed by atoms with van der Waals surface area (Å²) >= 11 is 0. The fraction of sp³-hybridized carbons (Fsp3) is 0.538. The van der Waals surface area contributed by atoms with Crippen LogP contribution >= 0.6 is 0 Å². The topological polar surface area (TPSA) is 55.0 Å². The van der Waals surface area contributed by atoms with Gasteiger partial charge >= 0.3 is 0 Å². The summed E-state index contributed by atoms with van der Waals surface area (Å²) in [7, 11) is 0. The summed E-state index contributed by atoms with van der Waals surface area (Å²) in [6, 6.07) is 2.43. The zero-order chi connectivity index (χ0) is 11.7. The Morgan fingerprint density at radius 1 is 1.24 bits per heavy atom. The molecule has 2 aliphatic rings. The second-order valence-corrected chi connectivity index (χ2v) is 4.94. The molecule has 2 N–H and O–H groups in total. The van der Waals surface area contributed by atoms with E-state index in [1.807, 2.05) is 0 Å². The summed E-state index contributed by atoms with van der Waals surface area (Å²) in [5.74, 6) is 1.59. The number of allylic oxidation sites excluding steroid dienone is 2. The highest BCUT2D eigenvalue weighted by atomic mass is 15.2. The van der Waals surface area contributed by atoms with Gasteiger partial charge in [0.15, 0.2) is 0 Å². The third kappa shape index (κ3) is 2.17. The van der Waals surface area contributed by atoms with Gasteiger partial charge in [-0.3, -0.25) is 0 Å². The van der Waals surface area contributed by atoms with E-state index in [0.29, 0.717) is 12.0 Å². The van der Waals surface area contributed by atoms with Crippen molar-refractivity contribution in [3.63, 3.8) is 0 Å². The number of nitrogens with two attached hydrogens (primary N) is 1. The van der Waals surface area contributed by atoms with Gasteiger partial charge in [0.2, 0.25) is 0 Å². The van der Waals surface area contributed by atoms with Gasteiger partial charge in [0.05, 0.1) is 0 Å². The maximum atomic E-state index is 5.93. The molecule has 17 heavy (non-hydrogen) atoms. The van der Waals surface area contributed by atoms with Crippen LogP contribution in [-0.2, 0) is 0 Å². The Kier molecular flexibility index (Phi) is 2.81. The van der Waals surface area contributed by atoms with Crippen molar-refractivity contribution in [2.45, 2.75) is 31.2 Å². The van der Waals surface area contributed by atoms with Crippen molar-refractivity contribution in [1.82, 2.24) is 9.97 Å². The lowest BCUT2D eigenvalue weighted by Crippen LogP contribution is -2.27. The zero-order valence-electron chi connectivity index (χ0n) is 9.92. The fourth-order valence-corrected chi connectivity index (χ4v) is 2.61. The van der Waals surface area contributed by atoms with E-state index in [-0.39, 0.29) is 0 Å². The molecule has 3 rings (SSSR count). The van der Waals surface area contributed by atoms with Crippen molar-refractivity contribution < 1.29 is 0 Å². The summed E-state index contributed by atoms with van der Waals surface area (Å²) < 4.78 is 0. The van der Waals surface area contributed by atoms with E-state index in [0.717, 1.165) is 38.2 Å². The average Bonchev–Trinajstić information content (AvgIpc) is 3.00. The van der Waals surface area contributed by atoms with E-state index in [2.05, 4.69) is 33.1 Å². The Bertz CT molecular complexity index is 421. The van der Waals surface area contributed by atoms with Crippen LogP contribution in [0, 0.1) is 0 Å². The van der Waals surface area contributed by atoms with Crippen LogP contribution in [0.5, 0.6) is 0 Å². The third-order valence-corrected chi connectivity index (χ3v) is 3.65. The molecule has 0 saturated carbocycles. The molecule has 1 aliphatic heterocycles. The number of rotatable bonds is 2. The van der Waals surface area contributed by atoms with Crippen molar-refractivity contribution >= 4 is 5.82 Å². The molecule has 1 atom stereocenters. The predicted octanol–water partition coefficient (Wildman–Crippen LogP) is 1.45. The first kappa shape index (κ1) is 10.7. The number of aromatic nitrogens is 2. The molecule has 4 heteroatoms. The monoisotopic (exact) mass is 230 g/mol. The minimum atomic E-state index is 0.293. The lowest BCUT2D eigenvalue weighted by molar-refractivity contribution is 0.717. The number of hydrogen-bond donors (Lipinski definition) is 1. The van der Waals surface area contributed by atoms with Crippen LogP contribution in [-0.4, -0.2) is 29.1 Å². The van der Waals surface area contributed by atoms with E-state index >= 15 is 0 Å². The van der Waals surface area contributed by atoms with Gasteiger partial charge < -0.3 is 10.6 Å². The van der Waals surface area contributed by atoms with Crippen LogP contribution in [0.3, 0.4) is 0 Å². The van der Waals surface area contributed by atoms with Crippen molar-refractivity contribution in [1.29, 1.82) is 0 Å². The standard InChI is InChI=1S/C13H18N4/c14-11-5-6-17(8-11)13-7-12(15-9-16-13)10-3-1-2-4-10/h1-2,7,9-11H,3-6,8,14H2. The molecule has 1 aromatic rings. The van der Waals surface area contributed by atoms with E-state index in [4.69, 9.17) is 5.73 Å². The quantitative estimate of drug-likeness (QED) is 0.781. The summed E-state index contributed by atoms with van der Waals surface area (Å²) in [5.41, 5.74) is 7.09. The van der Waals surface area contributed by atoms with Crippen LogP contribution in [0.4, 0.5) is 5.82 Å². The van der Waals surface area contributed by atoms with Crippen molar-refractivity contribution in [2.24, 2.45) is 5.73 Å². The minimum Gasteiger partial charge on any atom is -0.355 e. The predicted molar refractivity (Wildman–Crippen MR) is 68.0 cm³/mol. The van der Waals surface area contributed by atoms with Gasteiger partial charge in [-0.05, 0) is 19.3 Å². The molecule has 0 spiro atoms. The lowest BCUT2D eigenvalue weighted by atomic mass is 10.0. The number of nitrogens with zero attached hydrogens (tertiary/aromatic N) is 3. The molecule has 90 valence electrons. The normalized spacial score (nSPS) is 24.8. The molecule has 1 fully saturated rings. The van der Waals surface area contributed by atoms with E-state index in [1.54, 1.807) is 6.33 Å². The molecule has 0 amide bonds. The highest BCUT2D eigenvalue weighted by molar-refractivity contribution is 5.41. The van der Waals surface area contributed by atoms with Crippen LogP contribution in [0.15, 0.2) is 24.5 Å². The highest BCUT2D eigenvalue weighted by Crippen LogP contribution is 2.29. The Morgan fingerprint density at radius 3 is 2.76 bits per heavy atom. The molecule has 0 radical (unpaired) electrons. The molecule has 0 aromatic carbocycles. The number of anilines is 1. The summed E-state index contributed by atoms with van der Waals surface area (Å²) in [6.45, 7) is 1.93. The molecular formula is C13H18N4. The van der Waals surface area contributed by atoms with Gasteiger partial charge in [-0.15, -0.1) is 0 Å². The Hall–Kier alpha value is -1.42. The largest absolute Gasteiger partial charge is 0.355 e. The van der Waals surface area contributed by atoms with Gasteiger partial charge in [0.25, 0.3) is 0 Å². The summed E-state index contributed by atoms with van der Waals surface area (Å²) in [5, 5.41) is 0. The van der Waals surface area contributed by atoms with Crippen LogP contribution in [0.2, 0.25) is 0 Å². The highest BCUT2D eigenvalue weighted by Gasteiger charge is 2.22. The molecule has 1 aliphatic carbocycles. The van der Waals surface area contributed by atoms with Crippen LogP contribution in [0.25, 0.3) is 0 Å². The van der Waals surface area contributed by atoms with Crippen LogP contribution in [0.1, 0.15) is 30.9 Å². The van der Waals surface area contributed by atoms with E-state index in [1.165, 1.54) is 5.69 Å². The molecular weight excluding hydrogens is 212 g/mol.